The van der Waals surface area contributed by atoms with E-state index in [-0.39, 0.29) is 30.8 Å². The number of nitrogens with zero attached hydrogens (tertiary/aromatic N) is 3. The van der Waals surface area contributed by atoms with E-state index in [1.807, 2.05) is 102 Å². The molecule has 0 saturated heterocycles. The summed E-state index contributed by atoms with van der Waals surface area (Å²) in [7, 11) is 1.96. The van der Waals surface area contributed by atoms with Gasteiger partial charge in [0.1, 0.15) is 0 Å². The highest BCUT2D eigenvalue weighted by Crippen LogP contribution is 2.31. The molecular formula is C38H36ClN6O6-. The third-order valence-corrected chi connectivity index (χ3v) is 9.17. The summed E-state index contributed by atoms with van der Waals surface area (Å²) in [6.45, 7) is 1.93. The third kappa shape index (κ3) is 6.49. The Morgan fingerprint density at radius 2 is 1.14 bits per heavy atom. The summed E-state index contributed by atoms with van der Waals surface area (Å²) in [4.78, 5) is 45.7. The molecule has 7 aromatic rings. The molecule has 0 spiro atoms. The number of aromatic carboxylic acids is 1. The molecule has 262 valence electrons. The molecule has 0 radical (unpaired) electrons. The van der Waals surface area contributed by atoms with Crippen LogP contribution in [0.15, 0.2) is 84.9 Å². The molecular weight excluding hydrogens is 672 g/mol. The number of halogens is 1. The van der Waals surface area contributed by atoms with E-state index in [1.54, 1.807) is 6.07 Å². The molecule has 51 heavy (non-hydrogen) atoms. The summed E-state index contributed by atoms with van der Waals surface area (Å²) in [5.41, 5.74) is 10.4. The van der Waals surface area contributed by atoms with Gasteiger partial charge in [0.15, 0.2) is 22.6 Å². The van der Waals surface area contributed by atoms with Crippen molar-refractivity contribution in [1.82, 2.24) is 28.7 Å². The Balaban J connectivity index is 0.00000448. The van der Waals surface area contributed by atoms with Crippen molar-refractivity contribution in [2.45, 2.75) is 39.0 Å². The van der Waals surface area contributed by atoms with E-state index in [1.165, 1.54) is 0 Å². The van der Waals surface area contributed by atoms with Crippen molar-refractivity contribution >= 4 is 62.6 Å². The van der Waals surface area contributed by atoms with Crippen LogP contribution in [0.5, 0.6) is 0 Å². The van der Waals surface area contributed by atoms with Crippen LogP contribution >= 0.6 is 0 Å². The van der Waals surface area contributed by atoms with E-state index < -0.39 is 17.9 Å². The lowest BCUT2D eigenvalue weighted by Gasteiger charge is -2.23. The van der Waals surface area contributed by atoms with Gasteiger partial charge in [-0.15, -0.1) is 0 Å². The maximum atomic E-state index is 12.4. The van der Waals surface area contributed by atoms with E-state index in [4.69, 9.17) is 0 Å². The molecule has 0 aliphatic carbocycles. The van der Waals surface area contributed by atoms with E-state index in [0.29, 0.717) is 36.0 Å². The lowest BCUT2D eigenvalue weighted by molar-refractivity contribution is -0.138. The minimum Gasteiger partial charge on any atom is -1.00 e. The zero-order valence-electron chi connectivity index (χ0n) is 27.9. The van der Waals surface area contributed by atoms with Crippen LogP contribution < -0.4 is 12.4 Å². The average molecular weight is 708 g/mol. The Morgan fingerprint density at radius 1 is 0.627 bits per heavy atom. The molecule has 3 aromatic heterocycles. The van der Waals surface area contributed by atoms with E-state index >= 15 is 0 Å². The van der Waals surface area contributed by atoms with Crippen LogP contribution in [-0.2, 0) is 35.9 Å². The first-order valence-electron chi connectivity index (χ1n) is 16.4. The number of hydrogen-bond donors (Lipinski definition) is 6. The van der Waals surface area contributed by atoms with Gasteiger partial charge in [-0.1, -0.05) is 43.3 Å². The average Bonchev–Trinajstić information content (AvgIpc) is 3.11. The number of carboxylic acid groups (broad SMARTS) is 3. The number of aromatic amines is 3. The fraction of sp³-hybridized carbons (Fsp3) is 0.184. The number of carbonyl (C=O) groups is 3. The largest absolute Gasteiger partial charge is 1.00 e. The molecule has 0 bridgehead atoms. The SMILES string of the molecule is CCc1cc2[nH]c3c([nH]c4c([nH]c5ccccc5n4-c4ccc(CCC(=O)O)cc4)n3C)n(-c3ccc(CCC(=O)O)cc3)c2cc1C(=O)O.[Cl-]. The maximum absolute atomic E-state index is 12.4. The zero-order valence-corrected chi connectivity index (χ0v) is 28.7. The van der Waals surface area contributed by atoms with Crippen molar-refractivity contribution in [2.24, 2.45) is 7.05 Å². The van der Waals surface area contributed by atoms with Crippen molar-refractivity contribution in [3.63, 3.8) is 0 Å². The van der Waals surface area contributed by atoms with Crippen LogP contribution in [-0.4, -0.2) is 61.9 Å². The number of H-pyrrole nitrogens is 3. The van der Waals surface area contributed by atoms with Gasteiger partial charge in [0, 0.05) is 31.3 Å². The van der Waals surface area contributed by atoms with E-state index in [0.717, 1.165) is 56.0 Å². The molecule has 0 fully saturated rings. The van der Waals surface area contributed by atoms with Gasteiger partial charge >= 0.3 is 17.9 Å². The van der Waals surface area contributed by atoms with Gasteiger partial charge in [0.2, 0.25) is 0 Å². The summed E-state index contributed by atoms with van der Waals surface area (Å²) >= 11 is 0. The van der Waals surface area contributed by atoms with Crippen molar-refractivity contribution in [3.8, 4) is 11.4 Å². The fourth-order valence-corrected chi connectivity index (χ4v) is 6.61. The monoisotopic (exact) mass is 707 g/mol. The second kappa shape index (κ2) is 14.0. The number of para-hydroxylation sites is 2. The minimum absolute atomic E-state index is 0. The first-order valence-corrected chi connectivity index (χ1v) is 16.4. The van der Waals surface area contributed by atoms with Crippen LogP contribution in [0, 0.1) is 0 Å². The topological polar surface area (TPSA) is 174 Å². The van der Waals surface area contributed by atoms with Crippen LogP contribution in [0.2, 0.25) is 0 Å². The predicted molar refractivity (Wildman–Crippen MR) is 192 cm³/mol. The summed E-state index contributed by atoms with van der Waals surface area (Å²) in [6, 6.07) is 27.0. The van der Waals surface area contributed by atoms with Gasteiger partial charge < -0.3 is 47.2 Å². The second-order valence-corrected chi connectivity index (χ2v) is 12.3. The first kappa shape index (κ1) is 34.7. The molecule has 3 heterocycles. The standard InChI is InChI=1S/C38H36N6O6.ClH/c1-3-24-20-29-31(21-27(24)38(49)50)44(26-16-10-23(11-17-26)13-19-33(47)48)37-35(40-29)42(2)34-36(41-37)43(30-7-5-4-6-28(30)39-34)25-14-8-22(9-15-25)12-18-32(45)46;/h4-11,14-17,20-21,39-41H,3,12-13,18-19H2,1-2H3,(H,45,46)(H,47,48)(H,49,50);1H/p-1. The van der Waals surface area contributed by atoms with Gasteiger partial charge in [-0.2, -0.15) is 0 Å². The molecule has 12 nitrogen and oxygen atoms in total. The summed E-state index contributed by atoms with van der Waals surface area (Å²) in [5.74, 6) is -2.73. The lowest BCUT2D eigenvalue weighted by Crippen LogP contribution is -3.00. The molecule has 0 unspecified atom stereocenters. The first-order chi connectivity index (χ1) is 24.1. The summed E-state index contributed by atoms with van der Waals surface area (Å²) in [5, 5.41) is 28.6. The number of carboxylic acids is 3. The highest BCUT2D eigenvalue weighted by Gasteiger charge is 2.19. The highest BCUT2D eigenvalue weighted by molar-refractivity contribution is 5.98. The normalized spacial score (nSPS) is 11.3. The number of rotatable bonds is 10. The van der Waals surface area contributed by atoms with Gasteiger partial charge in [-0.3, -0.25) is 18.7 Å². The number of fused-ring (bicyclic) bond motifs is 4. The van der Waals surface area contributed by atoms with E-state index in [9.17, 15) is 29.7 Å². The van der Waals surface area contributed by atoms with Crippen molar-refractivity contribution in [1.29, 1.82) is 0 Å². The summed E-state index contributed by atoms with van der Waals surface area (Å²) < 4.78 is 6.12. The van der Waals surface area contributed by atoms with Crippen molar-refractivity contribution in [3.05, 3.63) is 107 Å². The van der Waals surface area contributed by atoms with Crippen LogP contribution in [0.25, 0.3) is 56.0 Å². The fourth-order valence-electron chi connectivity index (χ4n) is 6.61. The predicted octanol–water partition coefficient (Wildman–Crippen LogP) is 4.19. The van der Waals surface area contributed by atoms with E-state index in [2.05, 4.69) is 19.5 Å². The molecule has 0 atom stereocenters. The van der Waals surface area contributed by atoms with Crippen LogP contribution in [0.3, 0.4) is 0 Å². The lowest BCUT2D eigenvalue weighted by atomic mass is 10.0. The molecule has 13 heteroatoms. The Labute approximate surface area is 297 Å². The Bertz CT molecular complexity index is 2520. The van der Waals surface area contributed by atoms with Crippen LogP contribution in [0.4, 0.5) is 0 Å². The number of hydrogen-bond acceptors (Lipinski definition) is 3. The van der Waals surface area contributed by atoms with Crippen LogP contribution in [0.1, 0.15) is 46.8 Å². The number of nitrogens with one attached hydrogen (secondary N) is 3. The Kier molecular flexibility index (Phi) is 9.53. The molecule has 0 aliphatic heterocycles. The number of aromatic nitrogens is 6. The maximum Gasteiger partial charge on any atom is 0.336 e. The second-order valence-electron chi connectivity index (χ2n) is 12.3. The molecule has 0 saturated carbocycles. The quantitative estimate of drug-likeness (QED) is 0.116. The molecule has 7 rings (SSSR count). The Hall–Kier alpha value is -6.14. The third-order valence-electron chi connectivity index (χ3n) is 9.17. The number of aryl methyl sites for hydroxylation is 4. The Morgan fingerprint density at radius 3 is 1.65 bits per heavy atom. The zero-order chi connectivity index (χ0) is 35.1. The van der Waals surface area contributed by atoms with Gasteiger partial charge in [0.25, 0.3) is 0 Å². The van der Waals surface area contributed by atoms with Crippen molar-refractivity contribution < 1.29 is 42.1 Å². The summed E-state index contributed by atoms with van der Waals surface area (Å²) in [6.07, 6.45) is 1.40. The van der Waals surface area contributed by atoms with Crippen molar-refractivity contribution in [2.75, 3.05) is 0 Å². The molecule has 0 aliphatic rings. The number of aliphatic carboxylic acids is 2. The van der Waals surface area contributed by atoms with Gasteiger partial charge in [0.05, 0.1) is 27.6 Å². The molecule has 0 amide bonds. The minimum atomic E-state index is -1.02. The molecule has 4 aromatic carbocycles. The van der Waals surface area contributed by atoms with Gasteiger partial charge in [-0.25, -0.2) is 4.79 Å². The van der Waals surface area contributed by atoms with Gasteiger partial charge in [-0.05, 0) is 84.5 Å². The molecule has 6 N–H and O–H groups in total. The smallest absolute Gasteiger partial charge is 0.336 e. The highest BCUT2D eigenvalue weighted by atomic mass is 35.5. The number of benzene rings is 4.